The van der Waals surface area contributed by atoms with Gasteiger partial charge >= 0.3 is 0 Å². The average Bonchev–Trinajstić information content (AvgIpc) is 3.17. The normalized spacial score (nSPS) is 18.7. The molecule has 2 aromatic carbocycles. The molecule has 34 heavy (non-hydrogen) atoms. The molecule has 0 unspecified atom stereocenters. The number of amides is 1. The molecule has 0 N–H and O–H groups in total. The highest BCUT2D eigenvalue weighted by Crippen LogP contribution is 2.27. The van der Waals surface area contributed by atoms with Crippen molar-refractivity contribution in [3.05, 3.63) is 63.7 Å². The zero-order chi connectivity index (χ0) is 24.7. The second kappa shape index (κ2) is 8.96. The van der Waals surface area contributed by atoms with E-state index in [2.05, 4.69) is 0 Å². The molecule has 2 fully saturated rings. The Morgan fingerprint density at radius 3 is 2.21 bits per heavy atom. The summed E-state index contributed by atoms with van der Waals surface area (Å²) < 4.78 is 52.9. The van der Waals surface area contributed by atoms with Crippen LogP contribution in [0, 0.1) is 17.0 Å². The van der Waals surface area contributed by atoms with Crippen molar-refractivity contribution in [3.63, 3.8) is 0 Å². The quantitative estimate of drug-likeness (QED) is 0.441. The monoisotopic (exact) mass is 508 g/mol. The number of rotatable bonds is 5. The maximum atomic E-state index is 13.1. The summed E-state index contributed by atoms with van der Waals surface area (Å²) in [7, 11) is -7.27. The van der Waals surface area contributed by atoms with Crippen molar-refractivity contribution in [1.82, 2.24) is 9.21 Å². The highest BCUT2D eigenvalue weighted by atomic mass is 32.2. The number of non-ortho nitro benzene ring substituents is 1. The molecule has 4 rings (SSSR count). The summed E-state index contributed by atoms with van der Waals surface area (Å²) in [5, 5.41) is 11.1. The number of anilines is 1. The first-order valence-electron chi connectivity index (χ1n) is 10.7. The van der Waals surface area contributed by atoms with Gasteiger partial charge in [-0.1, -0.05) is 6.07 Å². The third kappa shape index (κ3) is 4.50. The number of hydrogen-bond acceptors (Lipinski definition) is 7. The maximum absolute atomic E-state index is 13.1. The first-order chi connectivity index (χ1) is 16.0. The van der Waals surface area contributed by atoms with Crippen molar-refractivity contribution in [1.29, 1.82) is 0 Å². The lowest BCUT2D eigenvalue weighted by Crippen LogP contribution is -2.50. The van der Waals surface area contributed by atoms with Crippen LogP contribution in [0.4, 0.5) is 11.4 Å². The van der Waals surface area contributed by atoms with E-state index >= 15 is 0 Å². The second-order valence-corrected chi connectivity index (χ2v) is 12.1. The number of nitro groups is 1. The molecule has 0 bridgehead atoms. The van der Waals surface area contributed by atoms with Crippen LogP contribution in [0.3, 0.4) is 0 Å². The zero-order valence-corrected chi connectivity index (χ0v) is 20.1. The highest BCUT2D eigenvalue weighted by molar-refractivity contribution is 7.93. The van der Waals surface area contributed by atoms with Gasteiger partial charge in [0.05, 0.1) is 21.3 Å². The lowest BCUT2D eigenvalue weighted by atomic mass is 10.1. The van der Waals surface area contributed by atoms with Gasteiger partial charge in [0.2, 0.25) is 20.0 Å². The van der Waals surface area contributed by atoms with E-state index < -0.39 is 25.0 Å². The molecule has 2 saturated heterocycles. The van der Waals surface area contributed by atoms with E-state index in [-0.39, 0.29) is 48.4 Å². The van der Waals surface area contributed by atoms with Crippen LogP contribution in [0.15, 0.2) is 47.4 Å². The molecule has 182 valence electrons. The second-order valence-electron chi connectivity index (χ2n) is 8.19. The number of hydrogen-bond donors (Lipinski definition) is 0. The standard InChI is InChI=1S/C21H24N4O7S2/c1-16-3-6-19(25(27)28)15-20(16)34(31,32)23-12-10-22(11-13-23)21(26)17-4-7-18(8-5-17)24-9-2-14-33(24,29)30/h3-8,15H,2,9-14H2,1H3. The molecule has 0 spiro atoms. The third-order valence-electron chi connectivity index (χ3n) is 6.03. The largest absolute Gasteiger partial charge is 0.336 e. The molecule has 11 nitrogen and oxygen atoms in total. The van der Waals surface area contributed by atoms with Gasteiger partial charge in [-0.2, -0.15) is 4.31 Å². The van der Waals surface area contributed by atoms with Gasteiger partial charge in [0.15, 0.2) is 0 Å². The van der Waals surface area contributed by atoms with Crippen molar-refractivity contribution in [2.45, 2.75) is 18.2 Å². The van der Waals surface area contributed by atoms with Gasteiger partial charge in [0, 0.05) is 50.4 Å². The Hall–Kier alpha value is -3.03. The Labute approximate surface area is 197 Å². The van der Waals surface area contributed by atoms with Gasteiger partial charge in [0.1, 0.15) is 0 Å². The van der Waals surface area contributed by atoms with Crippen LogP contribution in [0.5, 0.6) is 0 Å². The Morgan fingerprint density at radius 2 is 1.65 bits per heavy atom. The van der Waals surface area contributed by atoms with E-state index in [1.165, 1.54) is 25.6 Å². The van der Waals surface area contributed by atoms with Gasteiger partial charge in [-0.25, -0.2) is 16.8 Å². The van der Waals surface area contributed by atoms with Crippen LogP contribution in [0.25, 0.3) is 0 Å². The van der Waals surface area contributed by atoms with E-state index in [1.54, 1.807) is 31.2 Å². The van der Waals surface area contributed by atoms with Gasteiger partial charge in [-0.3, -0.25) is 19.2 Å². The molecular weight excluding hydrogens is 484 g/mol. The fourth-order valence-electron chi connectivity index (χ4n) is 4.13. The fourth-order valence-corrected chi connectivity index (χ4v) is 7.36. The van der Waals surface area contributed by atoms with Crippen LogP contribution < -0.4 is 4.31 Å². The molecule has 0 aromatic heterocycles. The van der Waals surface area contributed by atoms with Crippen molar-refractivity contribution in [2.75, 3.05) is 42.8 Å². The predicted octanol–water partition coefficient (Wildman–Crippen LogP) is 1.59. The molecule has 0 atom stereocenters. The number of piperazine rings is 1. The smallest absolute Gasteiger partial charge is 0.270 e. The first kappa shape index (κ1) is 24.1. The van der Waals surface area contributed by atoms with Gasteiger partial charge in [0.25, 0.3) is 11.6 Å². The van der Waals surface area contributed by atoms with E-state index in [4.69, 9.17) is 0 Å². The maximum Gasteiger partial charge on any atom is 0.270 e. The lowest BCUT2D eigenvalue weighted by molar-refractivity contribution is -0.385. The van der Waals surface area contributed by atoms with Crippen molar-refractivity contribution < 1.29 is 26.6 Å². The molecule has 2 aliphatic rings. The Kier molecular flexibility index (Phi) is 6.36. The molecular formula is C21H24N4O7S2. The van der Waals surface area contributed by atoms with E-state index in [0.29, 0.717) is 29.8 Å². The molecule has 2 aliphatic heterocycles. The minimum atomic E-state index is -3.96. The van der Waals surface area contributed by atoms with Gasteiger partial charge in [-0.05, 0) is 43.2 Å². The molecule has 1 amide bonds. The average molecular weight is 509 g/mol. The predicted molar refractivity (Wildman–Crippen MR) is 125 cm³/mol. The number of aryl methyl sites for hydroxylation is 1. The number of carbonyl (C=O) groups excluding carboxylic acids is 1. The number of nitrogens with zero attached hydrogens (tertiary/aromatic N) is 4. The van der Waals surface area contributed by atoms with Crippen LogP contribution in [0.2, 0.25) is 0 Å². The Morgan fingerprint density at radius 1 is 1.00 bits per heavy atom. The highest BCUT2D eigenvalue weighted by Gasteiger charge is 2.33. The van der Waals surface area contributed by atoms with Crippen LogP contribution in [-0.4, -0.2) is 75.3 Å². The van der Waals surface area contributed by atoms with Gasteiger partial charge in [-0.15, -0.1) is 0 Å². The van der Waals surface area contributed by atoms with Crippen molar-refractivity contribution >= 4 is 37.3 Å². The first-order valence-corrected chi connectivity index (χ1v) is 13.7. The van der Waals surface area contributed by atoms with Crippen LogP contribution in [-0.2, 0) is 20.0 Å². The number of sulfonamides is 2. The van der Waals surface area contributed by atoms with Crippen LogP contribution >= 0.6 is 0 Å². The molecule has 0 aliphatic carbocycles. The molecule has 0 saturated carbocycles. The van der Waals surface area contributed by atoms with Crippen LogP contribution in [0.1, 0.15) is 22.3 Å². The van der Waals surface area contributed by atoms with Crippen molar-refractivity contribution in [2.24, 2.45) is 0 Å². The Bertz CT molecular complexity index is 1330. The molecule has 2 aromatic rings. The number of benzene rings is 2. The summed E-state index contributed by atoms with van der Waals surface area (Å²) in [6, 6.07) is 10.1. The number of nitro benzene ring substituents is 1. The van der Waals surface area contributed by atoms with E-state index in [1.807, 2.05) is 0 Å². The molecule has 2 heterocycles. The lowest BCUT2D eigenvalue weighted by Gasteiger charge is -2.34. The topological polar surface area (TPSA) is 138 Å². The van der Waals surface area contributed by atoms with E-state index in [9.17, 15) is 31.7 Å². The minimum absolute atomic E-state index is 0.0559. The summed E-state index contributed by atoms with van der Waals surface area (Å²) in [4.78, 5) is 24.8. The number of carbonyl (C=O) groups is 1. The molecule has 0 radical (unpaired) electrons. The van der Waals surface area contributed by atoms with Gasteiger partial charge < -0.3 is 4.90 Å². The summed E-state index contributed by atoms with van der Waals surface area (Å²) in [5.41, 5.74) is 0.996. The SMILES string of the molecule is Cc1ccc([N+](=O)[O-])cc1S(=O)(=O)N1CCN(C(=O)c2ccc(N3CCCS3(=O)=O)cc2)CC1. The summed E-state index contributed by atoms with van der Waals surface area (Å²) >= 11 is 0. The summed E-state index contributed by atoms with van der Waals surface area (Å²) in [6.45, 7) is 2.42. The zero-order valence-electron chi connectivity index (χ0n) is 18.5. The fraction of sp³-hybridized carbons (Fsp3) is 0.381. The summed E-state index contributed by atoms with van der Waals surface area (Å²) in [5.74, 6) is -0.170. The van der Waals surface area contributed by atoms with E-state index in [0.717, 1.165) is 6.07 Å². The van der Waals surface area contributed by atoms with Crippen molar-refractivity contribution in [3.8, 4) is 0 Å². The Balaban J connectivity index is 1.44. The summed E-state index contributed by atoms with van der Waals surface area (Å²) in [6.07, 6.45) is 0.562. The molecule has 13 heteroatoms. The third-order valence-corrected chi connectivity index (χ3v) is 9.94. The minimum Gasteiger partial charge on any atom is -0.336 e.